The summed E-state index contributed by atoms with van der Waals surface area (Å²) in [6, 6.07) is 6.00. The Hall–Kier alpha value is -2.31. The molecular formula is C13H10N2O3S. The molecule has 0 aliphatic heterocycles. The van der Waals surface area contributed by atoms with Crippen molar-refractivity contribution in [2.75, 3.05) is 5.75 Å². The zero-order valence-corrected chi connectivity index (χ0v) is 11.0. The monoisotopic (exact) mass is 274 g/mol. The highest BCUT2D eigenvalue weighted by Crippen LogP contribution is 2.19. The number of carbonyl (C=O) groups excluding carboxylic acids is 1. The van der Waals surface area contributed by atoms with Crippen molar-refractivity contribution in [1.82, 2.24) is 0 Å². The summed E-state index contributed by atoms with van der Waals surface area (Å²) in [5.74, 6) is 6.04. The fourth-order valence-electron chi connectivity index (χ4n) is 1.26. The summed E-state index contributed by atoms with van der Waals surface area (Å²) >= 11 is 1.16. The Morgan fingerprint density at radius 2 is 2.26 bits per heavy atom. The normalized spacial score (nSPS) is 9.05. The van der Waals surface area contributed by atoms with E-state index in [2.05, 4.69) is 11.8 Å². The first-order chi connectivity index (χ1) is 9.04. The highest BCUT2D eigenvalue weighted by atomic mass is 32.2. The summed E-state index contributed by atoms with van der Waals surface area (Å²) < 4.78 is 0. The van der Waals surface area contributed by atoms with Crippen LogP contribution in [0.4, 0.5) is 5.69 Å². The van der Waals surface area contributed by atoms with E-state index in [-0.39, 0.29) is 21.9 Å². The number of benzene rings is 1. The maximum Gasteiger partial charge on any atom is 0.286 e. The Balaban J connectivity index is 2.84. The van der Waals surface area contributed by atoms with Crippen LogP contribution in [0.3, 0.4) is 0 Å². The van der Waals surface area contributed by atoms with Crippen LogP contribution in [0.5, 0.6) is 0 Å². The zero-order chi connectivity index (χ0) is 14.3. The molecule has 1 aromatic rings. The van der Waals surface area contributed by atoms with Gasteiger partial charge in [0.1, 0.15) is 5.56 Å². The van der Waals surface area contributed by atoms with E-state index in [9.17, 15) is 14.9 Å². The Morgan fingerprint density at radius 3 is 2.84 bits per heavy atom. The predicted molar refractivity (Wildman–Crippen MR) is 72.4 cm³/mol. The van der Waals surface area contributed by atoms with Crippen LogP contribution in [0.1, 0.15) is 24.5 Å². The second-order valence-corrected chi connectivity index (χ2v) is 4.76. The van der Waals surface area contributed by atoms with Crippen molar-refractivity contribution in [3.8, 4) is 17.9 Å². The van der Waals surface area contributed by atoms with E-state index in [1.165, 1.54) is 25.1 Å². The number of nitriles is 1. The van der Waals surface area contributed by atoms with Gasteiger partial charge in [-0.3, -0.25) is 14.9 Å². The smallest absolute Gasteiger partial charge is 0.286 e. The second kappa shape index (κ2) is 7.20. The maximum absolute atomic E-state index is 10.8. The molecule has 0 radical (unpaired) electrons. The number of hydrogen-bond donors (Lipinski definition) is 0. The molecule has 0 aromatic heterocycles. The molecule has 0 N–H and O–H groups in total. The molecule has 0 aliphatic rings. The van der Waals surface area contributed by atoms with Crippen molar-refractivity contribution in [2.24, 2.45) is 0 Å². The van der Waals surface area contributed by atoms with Gasteiger partial charge >= 0.3 is 0 Å². The number of rotatable bonds is 3. The van der Waals surface area contributed by atoms with E-state index in [4.69, 9.17) is 5.26 Å². The van der Waals surface area contributed by atoms with Crippen LogP contribution in [0.15, 0.2) is 18.2 Å². The summed E-state index contributed by atoms with van der Waals surface area (Å²) in [6.45, 7) is 1.48. The number of carbonyl (C=O) groups is 1. The molecule has 0 atom stereocenters. The van der Waals surface area contributed by atoms with Crippen molar-refractivity contribution in [3.05, 3.63) is 39.4 Å². The first kappa shape index (κ1) is 14.7. The minimum Gasteiger partial charge on any atom is -0.288 e. The largest absolute Gasteiger partial charge is 0.288 e. The summed E-state index contributed by atoms with van der Waals surface area (Å²) in [5.41, 5.74) is 0.326. The van der Waals surface area contributed by atoms with Gasteiger partial charge in [-0.05, 0) is 12.1 Å². The molecule has 96 valence electrons. The van der Waals surface area contributed by atoms with Crippen LogP contribution in [0.2, 0.25) is 0 Å². The van der Waals surface area contributed by atoms with Crippen LogP contribution in [-0.4, -0.2) is 15.8 Å². The van der Waals surface area contributed by atoms with Gasteiger partial charge in [-0.1, -0.05) is 23.6 Å². The summed E-state index contributed by atoms with van der Waals surface area (Å²) in [7, 11) is 0. The molecule has 0 aliphatic carbocycles. The number of nitro groups is 1. The van der Waals surface area contributed by atoms with Crippen LogP contribution < -0.4 is 0 Å². The summed E-state index contributed by atoms with van der Waals surface area (Å²) in [4.78, 5) is 21.0. The quantitative estimate of drug-likeness (QED) is 0.366. The number of hydrogen-bond acceptors (Lipinski definition) is 5. The zero-order valence-electron chi connectivity index (χ0n) is 10.2. The van der Waals surface area contributed by atoms with Gasteiger partial charge < -0.3 is 0 Å². The average molecular weight is 274 g/mol. The Kier molecular flexibility index (Phi) is 5.59. The van der Waals surface area contributed by atoms with Crippen LogP contribution in [-0.2, 0) is 4.79 Å². The molecular weight excluding hydrogens is 264 g/mol. The second-order valence-electron chi connectivity index (χ2n) is 3.49. The lowest BCUT2D eigenvalue weighted by molar-refractivity contribution is -0.385. The van der Waals surface area contributed by atoms with Crippen LogP contribution in [0.25, 0.3) is 0 Å². The highest BCUT2D eigenvalue weighted by molar-refractivity contribution is 8.13. The van der Waals surface area contributed by atoms with E-state index in [1.54, 1.807) is 0 Å². The van der Waals surface area contributed by atoms with Gasteiger partial charge in [0.15, 0.2) is 5.12 Å². The lowest BCUT2D eigenvalue weighted by Gasteiger charge is -1.95. The Morgan fingerprint density at radius 1 is 1.53 bits per heavy atom. The Bertz CT molecular complexity index is 609. The molecule has 19 heavy (non-hydrogen) atoms. The minimum atomic E-state index is -0.560. The number of thioether (sulfide) groups is 1. The van der Waals surface area contributed by atoms with E-state index in [0.29, 0.717) is 12.2 Å². The third-order valence-electron chi connectivity index (χ3n) is 2.08. The molecule has 1 rings (SSSR count). The third-order valence-corrected chi connectivity index (χ3v) is 2.89. The molecule has 5 nitrogen and oxygen atoms in total. The molecule has 0 saturated carbocycles. The van der Waals surface area contributed by atoms with Gasteiger partial charge in [0.2, 0.25) is 0 Å². The molecule has 0 heterocycles. The molecule has 0 amide bonds. The van der Waals surface area contributed by atoms with Gasteiger partial charge in [0.05, 0.1) is 16.6 Å². The van der Waals surface area contributed by atoms with E-state index in [0.717, 1.165) is 11.8 Å². The maximum atomic E-state index is 10.8. The lowest BCUT2D eigenvalue weighted by atomic mass is 10.1. The van der Waals surface area contributed by atoms with Gasteiger partial charge in [-0.25, -0.2) is 0 Å². The van der Waals surface area contributed by atoms with Crippen molar-refractivity contribution in [1.29, 1.82) is 5.26 Å². The third kappa shape index (κ3) is 4.82. The topological polar surface area (TPSA) is 84.0 Å². The molecule has 0 fully saturated rings. The fraction of sp³-hybridized carbons (Fsp3) is 0.231. The number of nitro benzene ring substituents is 1. The molecule has 6 heteroatoms. The van der Waals surface area contributed by atoms with Crippen molar-refractivity contribution >= 4 is 22.6 Å². The summed E-state index contributed by atoms with van der Waals surface area (Å²) in [6.07, 6.45) is 0.474. The molecule has 0 spiro atoms. The number of nitrogens with zero attached hydrogens (tertiary/aromatic N) is 2. The lowest BCUT2D eigenvalue weighted by Crippen LogP contribution is -1.93. The SMILES string of the molecule is CC(=O)SCCC#Cc1ccc(C#N)cc1[N+](=O)[O-]. The molecule has 0 saturated heterocycles. The van der Waals surface area contributed by atoms with Crippen molar-refractivity contribution in [2.45, 2.75) is 13.3 Å². The first-order valence-corrected chi connectivity index (χ1v) is 6.34. The van der Waals surface area contributed by atoms with Crippen LogP contribution in [0, 0.1) is 33.3 Å². The molecule has 0 bridgehead atoms. The van der Waals surface area contributed by atoms with Gasteiger partial charge in [-0.15, -0.1) is 0 Å². The minimum absolute atomic E-state index is 0.0196. The van der Waals surface area contributed by atoms with E-state index in [1.807, 2.05) is 6.07 Å². The fourth-order valence-corrected chi connectivity index (χ4v) is 1.75. The molecule has 1 aromatic carbocycles. The average Bonchev–Trinajstić information content (AvgIpc) is 2.38. The predicted octanol–water partition coefficient (Wildman–Crippen LogP) is 2.49. The Labute approximate surface area is 114 Å². The summed E-state index contributed by atoms with van der Waals surface area (Å²) in [5, 5.41) is 19.6. The highest BCUT2D eigenvalue weighted by Gasteiger charge is 2.12. The molecule has 0 unspecified atom stereocenters. The van der Waals surface area contributed by atoms with Gasteiger partial charge in [0, 0.05) is 25.2 Å². The standard InChI is InChI=1S/C13H10N2O3S/c1-10(16)19-7-3-2-4-12-6-5-11(9-14)8-13(12)15(17)18/h5-6,8H,3,7H2,1H3. The van der Waals surface area contributed by atoms with E-state index >= 15 is 0 Å². The van der Waals surface area contributed by atoms with Crippen LogP contribution >= 0.6 is 11.8 Å². The van der Waals surface area contributed by atoms with Gasteiger partial charge in [-0.2, -0.15) is 5.26 Å². The van der Waals surface area contributed by atoms with E-state index < -0.39 is 4.92 Å². The van der Waals surface area contributed by atoms with Crippen molar-refractivity contribution in [3.63, 3.8) is 0 Å². The van der Waals surface area contributed by atoms with Gasteiger partial charge in [0.25, 0.3) is 5.69 Å². The van der Waals surface area contributed by atoms with Crippen molar-refractivity contribution < 1.29 is 9.72 Å². The first-order valence-electron chi connectivity index (χ1n) is 5.35.